The molecule has 0 bridgehead atoms. The van der Waals surface area contributed by atoms with Gasteiger partial charge in [0, 0.05) is 51.4 Å². The molecule has 0 unspecified atom stereocenters. The maximum Gasteiger partial charge on any atom is 0.231 e. The Morgan fingerprint density at radius 2 is 2.03 bits per heavy atom. The van der Waals surface area contributed by atoms with Gasteiger partial charge in [-0.3, -0.25) is 9.78 Å². The number of nitrogens with one attached hydrogen (secondary N) is 1. The van der Waals surface area contributed by atoms with Crippen LogP contribution in [0.25, 0.3) is 0 Å². The Labute approximate surface area is 205 Å². The number of aryl methyl sites for hydroxylation is 1. The summed E-state index contributed by atoms with van der Waals surface area (Å²) in [6, 6.07) is 10.1. The van der Waals surface area contributed by atoms with Gasteiger partial charge < -0.3 is 24.3 Å². The number of carbonyl (C=O) groups excluding carboxylic acids is 1. The molecule has 0 fully saturated rings. The summed E-state index contributed by atoms with van der Waals surface area (Å²) in [5.41, 5.74) is 2.34. The maximum absolute atomic E-state index is 12.3. The van der Waals surface area contributed by atoms with E-state index < -0.39 is 0 Å². The molecule has 3 aromatic rings. The molecule has 35 heavy (non-hydrogen) atoms. The number of rotatable bonds is 9. The van der Waals surface area contributed by atoms with Crippen molar-refractivity contribution in [1.29, 1.82) is 0 Å². The van der Waals surface area contributed by atoms with E-state index in [1.165, 1.54) is 5.56 Å². The van der Waals surface area contributed by atoms with Crippen molar-refractivity contribution in [2.75, 3.05) is 26.4 Å². The van der Waals surface area contributed by atoms with Gasteiger partial charge in [0.2, 0.25) is 12.7 Å². The van der Waals surface area contributed by atoms with Gasteiger partial charge in [-0.15, -0.1) is 10.2 Å². The van der Waals surface area contributed by atoms with Gasteiger partial charge in [-0.05, 0) is 48.1 Å². The maximum atomic E-state index is 12.3. The van der Waals surface area contributed by atoms with E-state index in [-0.39, 0.29) is 5.91 Å². The van der Waals surface area contributed by atoms with Crippen molar-refractivity contribution in [2.45, 2.75) is 45.7 Å². The number of pyridine rings is 1. The van der Waals surface area contributed by atoms with Gasteiger partial charge in [0.05, 0.1) is 6.54 Å². The topological polar surface area (TPSA) is 94.4 Å². The van der Waals surface area contributed by atoms with Crippen LogP contribution in [0.15, 0.2) is 42.7 Å². The molecule has 0 aliphatic carbocycles. The monoisotopic (exact) mass is 476 g/mol. The lowest BCUT2D eigenvalue weighted by Gasteiger charge is -2.24. The number of amides is 1. The highest BCUT2D eigenvalue weighted by molar-refractivity contribution is 5.76. The summed E-state index contributed by atoms with van der Waals surface area (Å²) in [6.45, 7) is 6.76. The predicted molar refractivity (Wildman–Crippen MR) is 130 cm³/mol. The van der Waals surface area contributed by atoms with Gasteiger partial charge in [0.25, 0.3) is 0 Å². The van der Waals surface area contributed by atoms with Crippen molar-refractivity contribution in [3.05, 3.63) is 65.5 Å². The molecule has 1 N–H and O–H groups in total. The predicted octanol–water partition coefficient (Wildman–Crippen LogP) is 2.39. The summed E-state index contributed by atoms with van der Waals surface area (Å²) in [5, 5.41) is 11.8. The Hall–Kier alpha value is -3.46. The van der Waals surface area contributed by atoms with E-state index >= 15 is 0 Å². The molecule has 2 aliphatic rings. The second kappa shape index (κ2) is 10.9. The molecule has 0 saturated carbocycles. The average molecular weight is 477 g/mol. The number of carbonyl (C=O) groups is 1. The summed E-state index contributed by atoms with van der Waals surface area (Å²) in [5.74, 6) is 4.02. The normalized spacial score (nSPS) is 15.9. The highest BCUT2D eigenvalue weighted by Crippen LogP contribution is 2.33. The molecular weight excluding hydrogens is 444 g/mol. The first kappa shape index (κ1) is 23.3. The van der Waals surface area contributed by atoms with E-state index in [1.807, 2.05) is 18.2 Å². The zero-order chi connectivity index (χ0) is 24.0. The van der Waals surface area contributed by atoms with E-state index in [2.05, 4.69) is 49.0 Å². The lowest BCUT2D eigenvalue weighted by molar-refractivity contribution is -0.121. The Morgan fingerprint density at radius 3 is 2.91 bits per heavy atom. The third-order valence-corrected chi connectivity index (χ3v) is 6.59. The fraction of sp³-hybridized carbons (Fsp3) is 0.462. The Bertz CT molecular complexity index is 1150. The molecule has 0 radical (unpaired) electrons. The van der Waals surface area contributed by atoms with Crippen LogP contribution >= 0.6 is 0 Å². The van der Waals surface area contributed by atoms with Gasteiger partial charge >= 0.3 is 0 Å². The highest BCUT2D eigenvalue weighted by atomic mass is 16.7. The van der Waals surface area contributed by atoms with Gasteiger partial charge in [-0.25, -0.2) is 0 Å². The van der Waals surface area contributed by atoms with Crippen LogP contribution in [0.2, 0.25) is 0 Å². The fourth-order valence-electron chi connectivity index (χ4n) is 4.79. The molecule has 184 valence electrons. The SMILES string of the molecule is C[C@H](Cc1ccc2c(c1)OCO2)CN1CCc2nnc(CNC(=O)CCc3cccnc3)n2CC1. The Balaban J connectivity index is 1.09. The molecule has 5 rings (SSSR count). The van der Waals surface area contributed by atoms with Crippen LogP contribution in [-0.2, 0) is 37.1 Å². The van der Waals surface area contributed by atoms with Crippen molar-refractivity contribution in [3.63, 3.8) is 0 Å². The lowest BCUT2D eigenvalue weighted by atomic mass is 10.00. The first-order valence-electron chi connectivity index (χ1n) is 12.3. The van der Waals surface area contributed by atoms with Gasteiger partial charge in [-0.2, -0.15) is 0 Å². The first-order valence-corrected chi connectivity index (χ1v) is 12.3. The smallest absolute Gasteiger partial charge is 0.231 e. The largest absolute Gasteiger partial charge is 0.454 e. The average Bonchev–Trinajstić information content (AvgIpc) is 3.44. The Kier molecular flexibility index (Phi) is 7.23. The van der Waals surface area contributed by atoms with Crippen molar-refractivity contribution in [2.24, 2.45) is 5.92 Å². The minimum Gasteiger partial charge on any atom is -0.454 e. The summed E-state index contributed by atoms with van der Waals surface area (Å²) in [6.07, 6.45) is 6.50. The van der Waals surface area contributed by atoms with Crippen LogP contribution in [0.4, 0.5) is 0 Å². The number of hydrogen-bond donors (Lipinski definition) is 1. The molecule has 0 saturated heterocycles. The van der Waals surface area contributed by atoms with E-state index in [1.54, 1.807) is 12.4 Å². The standard InChI is InChI=1S/C26H32N6O3/c1-19(13-21-4-6-22-23(14-21)35-18-34-22)17-31-10-8-24-29-30-25(32(24)12-11-31)16-28-26(33)7-5-20-3-2-9-27-15-20/h2-4,6,9,14-15,19H,5,7-8,10-13,16-18H2,1H3,(H,28,33)/t19-/m1/s1. The second-order valence-electron chi connectivity index (χ2n) is 9.37. The van der Waals surface area contributed by atoms with Gasteiger partial charge in [-0.1, -0.05) is 19.1 Å². The van der Waals surface area contributed by atoms with Crippen LogP contribution in [0.3, 0.4) is 0 Å². The molecule has 1 atom stereocenters. The third-order valence-electron chi connectivity index (χ3n) is 6.59. The van der Waals surface area contributed by atoms with Crippen molar-refractivity contribution in [1.82, 2.24) is 30.0 Å². The number of aromatic nitrogens is 4. The summed E-state index contributed by atoms with van der Waals surface area (Å²) in [4.78, 5) is 18.9. The number of hydrogen-bond acceptors (Lipinski definition) is 7. The second-order valence-corrected chi connectivity index (χ2v) is 9.37. The number of fused-ring (bicyclic) bond motifs is 2. The molecule has 1 aromatic carbocycles. The van der Waals surface area contributed by atoms with Crippen LogP contribution in [-0.4, -0.2) is 57.0 Å². The fourth-order valence-corrected chi connectivity index (χ4v) is 4.79. The molecule has 2 aliphatic heterocycles. The van der Waals surface area contributed by atoms with E-state index in [4.69, 9.17) is 9.47 Å². The molecule has 9 heteroatoms. The molecule has 0 spiro atoms. The summed E-state index contributed by atoms with van der Waals surface area (Å²) < 4.78 is 13.1. The van der Waals surface area contributed by atoms with Crippen LogP contribution in [0, 0.1) is 5.92 Å². The molecule has 9 nitrogen and oxygen atoms in total. The van der Waals surface area contributed by atoms with Crippen molar-refractivity contribution < 1.29 is 14.3 Å². The van der Waals surface area contributed by atoms with Crippen molar-refractivity contribution in [3.8, 4) is 11.5 Å². The van der Waals surface area contributed by atoms with Crippen LogP contribution in [0.1, 0.15) is 36.1 Å². The number of nitrogens with zero attached hydrogens (tertiary/aromatic N) is 5. The molecular formula is C26H32N6O3. The quantitative estimate of drug-likeness (QED) is 0.507. The molecule has 2 aromatic heterocycles. The third kappa shape index (κ3) is 5.97. The zero-order valence-corrected chi connectivity index (χ0v) is 20.2. The molecule has 4 heterocycles. The van der Waals surface area contributed by atoms with E-state index in [0.717, 1.165) is 67.7 Å². The summed E-state index contributed by atoms with van der Waals surface area (Å²) >= 11 is 0. The number of ether oxygens (including phenoxy) is 2. The van der Waals surface area contributed by atoms with Gasteiger partial charge in [0.1, 0.15) is 5.82 Å². The Morgan fingerprint density at radius 1 is 1.11 bits per heavy atom. The molecule has 1 amide bonds. The van der Waals surface area contributed by atoms with Gasteiger partial charge in [0.15, 0.2) is 17.3 Å². The van der Waals surface area contributed by atoms with Crippen LogP contribution < -0.4 is 14.8 Å². The van der Waals surface area contributed by atoms with Crippen LogP contribution in [0.5, 0.6) is 11.5 Å². The first-order chi connectivity index (χ1) is 17.1. The minimum absolute atomic E-state index is 0.0128. The highest BCUT2D eigenvalue weighted by Gasteiger charge is 2.21. The van der Waals surface area contributed by atoms with E-state index in [9.17, 15) is 4.79 Å². The lowest BCUT2D eigenvalue weighted by Crippen LogP contribution is -2.32. The van der Waals surface area contributed by atoms with Crippen molar-refractivity contribution >= 4 is 5.91 Å². The minimum atomic E-state index is 0.0128. The summed E-state index contributed by atoms with van der Waals surface area (Å²) in [7, 11) is 0. The zero-order valence-electron chi connectivity index (χ0n) is 20.2. The number of benzene rings is 1. The van der Waals surface area contributed by atoms with E-state index in [0.29, 0.717) is 32.1 Å².